The van der Waals surface area contributed by atoms with Gasteiger partial charge in [0, 0.05) is 24.7 Å². The van der Waals surface area contributed by atoms with Gasteiger partial charge in [-0.3, -0.25) is 4.55 Å². The van der Waals surface area contributed by atoms with Crippen LogP contribution in [0.5, 0.6) is 0 Å². The summed E-state index contributed by atoms with van der Waals surface area (Å²) in [7, 11) is -4.21. The molecule has 2 N–H and O–H groups in total. The van der Waals surface area contributed by atoms with Crippen molar-refractivity contribution in [3.8, 4) is 0 Å². The summed E-state index contributed by atoms with van der Waals surface area (Å²) in [4.78, 5) is 4.08. The van der Waals surface area contributed by atoms with Crippen molar-refractivity contribution < 1.29 is 13.0 Å². The Morgan fingerprint density at radius 1 is 1.45 bits per heavy atom. The van der Waals surface area contributed by atoms with E-state index in [0.717, 1.165) is 24.1 Å². The second kappa shape index (κ2) is 6.85. The highest BCUT2D eigenvalue weighted by Gasteiger charge is 2.21. The summed E-state index contributed by atoms with van der Waals surface area (Å²) < 4.78 is 31.2. The molecule has 0 amide bonds. The lowest BCUT2D eigenvalue weighted by Crippen LogP contribution is -2.36. The molecule has 0 saturated carbocycles. The Kier molecular flexibility index (Phi) is 5.94. The number of nitrogens with one attached hydrogen (secondary N) is 1. The zero-order chi connectivity index (χ0) is 14.0. The minimum Gasteiger partial charge on any atom is -0.309 e. The van der Waals surface area contributed by atoms with Gasteiger partial charge in [-0.15, -0.1) is 12.4 Å². The van der Waals surface area contributed by atoms with Gasteiger partial charge in [-0.25, -0.2) is 4.98 Å². The van der Waals surface area contributed by atoms with E-state index >= 15 is 0 Å². The van der Waals surface area contributed by atoms with Crippen molar-refractivity contribution in [2.45, 2.75) is 50.7 Å². The largest absolute Gasteiger partial charge is 0.312 e. The molecule has 1 aliphatic rings. The molecule has 1 atom stereocenters. The molecule has 7 heteroatoms. The third-order valence-corrected chi connectivity index (χ3v) is 4.18. The highest BCUT2D eigenvalue weighted by Crippen LogP contribution is 2.20. The number of halogens is 1. The van der Waals surface area contributed by atoms with Gasteiger partial charge in [0.05, 0.1) is 0 Å². The van der Waals surface area contributed by atoms with Crippen molar-refractivity contribution in [3.63, 3.8) is 0 Å². The maximum absolute atomic E-state index is 11.1. The van der Waals surface area contributed by atoms with E-state index < -0.39 is 10.1 Å². The Bertz CT molecular complexity index is 561. The number of pyridine rings is 1. The minimum absolute atomic E-state index is 0. The highest BCUT2D eigenvalue weighted by atomic mass is 35.5. The number of hydrogen-bond donors (Lipinski definition) is 2. The van der Waals surface area contributed by atoms with Crippen molar-refractivity contribution in [2.24, 2.45) is 5.92 Å². The van der Waals surface area contributed by atoms with Crippen molar-refractivity contribution in [2.75, 3.05) is 0 Å². The van der Waals surface area contributed by atoms with Crippen LogP contribution >= 0.6 is 12.4 Å². The maximum Gasteiger partial charge on any atom is 0.312 e. The SMILES string of the molecule is CC(C)CCC1Cc2nc(S(=O)(=O)O)ccc2CN1.Cl. The molecular weight excluding hydrogens is 300 g/mol. The second-order valence-electron chi connectivity index (χ2n) is 5.48. The monoisotopic (exact) mass is 320 g/mol. The molecule has 0 saturated heterocycles. The average molecular weight is 321 g/mol. The predicted octanol–water partition coefficient (Wildman–Crippen LogP) is 2.20. The molecule has 114 valence electrons. The molecule has 1 aliphatic heterocycles. The van der Waals surface area contributed by atoms with Crippen molar-refractivity contribution in [3.05, 3.63) is 23.4 Å². The Balaban J connectivity index is 0.00000200. The summed E-state index contributed by atoms with van der Waals surface area (Å²) >= 11 is 0. The lowest BCUT2D eigenvalue weighted by Gasteiger charge is -2.26. The Labute approximate surface area is 126 Å². The van der Waals surface area contributed by atoms with Crippen LogP contribution in [-0.4, -0.2) is 24.0 Å². The third kappa shape index (κ3) is 4.41. The van der Waals surface area contributed by atoms with Gasteiger partial charge in [0.25, 0.3) is 0 Å². The molecule has 0 aromatic carbocycles. The molecule has 0 aliphatic carbocycles. The second-order valence-corrected chi connectivity index (χ2v) is 6.85. The molecule has 2 rings (SSSR count). The van der Waals surface area contributed by atoms with Crippen LogP contribution in [0.25, 0.3) is 0 Å². The predicted molar refractivity (Wildman–Crippen MR) is 79.7 cm³/mol. The maximum atomic E-state index is 11.1. The summed E-state index contributed by atoms with van der Waals surface area (Å²) in [5.74, 6) is 0.653. The fourth-order valence-electron chi connectivity index (χ4n) is 2.29. The number of nitrogens with zero attached hydrogens (tertiary/aromatic N) is 1. The van der Waals surface area contributed by atoms with Crippen LogP contribution in [0.2, 0.25) is 0 Å². The normalized spacial score (nSPS) is 18.5. The van der Waals surface area contributed by atoms with E-state index in [4.69, 9.17) is 4.55 Å². The van der Waals surface area contributed by atoms with Gasteiger partial charge in [0.2, 0.25) is 0 Å². The fraction of sp³-hybridized carbons (Fsp3) is 0.615. The van der Waals surface area contributed by atoms with Gasteiger partial charge >= 0.3 is 10.1 Å². The Hall–Kier alpha value is -0.690. The van der Waals surface area contributed by atoms with Gasteiger partial charge in [0.1, 0.15) is 0 Å². The van der Waals surface area contributed by atoms with E-state index in [9.17, 15) is 8.42 Å². The lowest BCUT2D eigenvalue weighted by molar-refractivity contribution is 0.403. The van der Waals surface area contributed by atoms with Crippen LogP contribution in [0.4, 0.5) is 0 Å². The van der Waals surface area contributed by atoms with Crippen molar-refractivity contribution in [1.82, 2.24) is 10.3 Å². The molecule has 1 unspecified atom stereocenters. The van der Waals surface area contributed by atoms with Crippen molar-refractivity contribution in [1.29, 1.82) is 0 Å². The molecule has 1 aromatic heterocycles. The highest BCUT2D eigenvalue weighted by molar-refractivity contribution is 7.85. The third-order valence-electron chi connectivity index (χ3n) is 3.42. The van der Waals surface area contributed by atoms with Gasteiger partial charge < -0.3 is 5.32 Å². The van der Waals surface area contributed by atoms with E-state index in [-0.39, 0.29) is 17.4 Å². The number of rotatable bonds is 4. The smallest absolute Gasteiger partial charge is 0.309 e. The van der Waals surface area contributed by atoms with Crippen LogP contribution in [0.15, 0.2) is 17.2 Å². The fourth-order valence-corrected chi connectivity index (χ4v) is 2.76. The first-order valence-electron chi connectivity index (χ1n) is 6.56. The van der Waals surface area contributed by atoms with Gasteiger partial charge in [0.15, 0.2) is 5.03 Å². The molecule has 0 bridgehead atoms. The average Bonchev–Trinajstić information content (AvgIpc) is 2.34. The lowest BCUT2D eigenvalue weighted by atomic mass is 9.95. The summed E-state index contributed by atoms with van der Waals surface area (Å²) in [6, 6.07) is 3.40. The number of fused-ring (bicyclic) bond motifs is 1. The van der Waals surface area contributed by atoms with Gasteiger partial charge in [-0.2, -0.15) is 8.42 Å². The van der Waals surface area contributed by atoms with Gasteiger partial charge in [-0.05, 0) is 30.4 Å². The van der Waals surface area contributed by atoms with E-state index in [1.165, 1.54) is 6.07 Å². The zero-order valence-electron chi connectivity index (χ0n) is 11.7. The number of hydrogen-bond acceptors (Lipinski definition) is 4. The molecule has 0 spiro atoms. The molecule has 1 aromatic rings. The van der Waals surface area contributed by atoms with Crippen LogP contribution in [-0.2, 0) is 23.1 Å². The van der Waals surface area contributed by atoms with E-state index in [2.05, 4.69) is 24.1 Å². The topological polar surface area (TPSA) is 79.3 Å². The van der Waals surface area contributed by atoms with Gasteiger partial charge in [-0.1, -0.05) is 19.9 Å². The summed E-state index contributed by atoms with van der Waals surface area (Å²) in [6.07, 6.45) is 2.89. The first-order chi connectivity index (χ1) is 8.86. The quantitative estimate of drug-likeness (QED) is 0.831. The van der Waals surface area contributed by atoms with Crippen LogP contribution in [0.3, 0.4) is 0 Å². The zero-order valence-corrected chi connectivity index (χ0v) is 13.3. The van der Waals surface area contributed by atoms with Crippen LogP contribution in [0, 0.1) is 5.92 Å². The summed E-state index contributed by atoms with van der Waals surface area (Å²) in [5, 5.41) is 3.18. The standard InChI is InChI=1S/C13H20N2O3S.ClH/c1-9(2)3-5-11-7-12-10(8-14-11)4-6-13(15-12)19(16,17)18;/h4,6,9,11,14H,3,5,7-8H2,1-2H3,(H,16,17,18);1H. The Morgan fingerprint density at radius 2 is 2.15 bits per heavy atom. The minimum atomic E-state index is -4.21. The first kappa shape index (κ1) is 17.4. The summed E-state index contributed by atoms with van der Waals surface area (Å²) in [5.41, 5.74) is 1.79. The summed E-state index contributed by atoms with van der Waals surface area (Å²) in [6.45, 7) is 5.08. The number of aromatic nitrogens is 1. The van der Waals surface area contributed by atoms with E-state index in [0.29, 0.717) is 24.9 Å². The molecule has 5 nitrogen and oxygen atoms in total. The van der Waals surface area contributed by atoms with E-state index in [1.807, 2.05) is 0 Å². The first-order valence-corrected chi connectivity index (χ1v) is 8.00. The molecule has 20 heavy (non-hydrogen) atoms. The van der Waals surface area contributed by atoms with Crippen LogP contribution < -0.4 is 5.32 Å². The molecule has 2 heterocycles. The van der Waals surface area contributed by atoms with Crippen LogP contribution in [0.1, 0.15) is 37.9 Å². The molecular formula is C13H21ClN2O3S. The molecule has 0 fully saturated rings. The molecule has 0 radical (unpaired) electrons. The van der Waals surface area contributed by atoms with E-state index in [1.54, 1.807) is 6.07 Å². The van der Waals surface area contributed by atoms with Crippen molar-refractivity contribution >= 4 is 22.5 Å². The Morgan fingerprint density at radius 3 is 2.75 bits per heavy atom.